The number of rotatable bonds is 5. The average Bonchev–Trinajstić information content (AvgIpc) is 2.43. The number of anilines is 1. The molecule has 0 bridgehead atoms. The summed E-state index contributed by atoms with van der Waals surface area (Å²) in [5.41, 5.74) is 5.63. The minimum atomic E-state index is -4.44. The SMILES string of the molecule is CS(=O)(=O)Oc1c(S(=O)O)c(S(C)(=O)=O)c(S(C)(=O)=O)c2c(N)cccc12. The Hall–Kier alpha value is -1.74. The minimum absolute atomic E-state index is 0.188. The molecular weight excluding hydrogens is 442 g/mol. The Morgan fingerprint density at radius 1 is 0.963 bits per heavy atom. The molecule has 27 heavy (non-hydrogen) atoms. The van der Waals surface area contributed by atoms with Crippen LogP contribution in [0.3, 0.4) is 0 Å². The molecule has 10 nitrogen and oxygen atoms in total. The summed E-state index contributed by atoms with van der Waals surface area (Å²) in [5.74, 6) is -0.784. The van der Waals surface area contributed by atoms with E-state index in [9.17, 15) is 34.0 Å². The number of sulfone groups is 2. The molecule has 0 saturated carbocycles. The molecule has 2 rings (SSSR count). The van der Waals surface area contributed by atoms with Crippen molar-refractivity contribution in [3.05, 3.63) is 18.2 Å². The smallest absolute Gasteiger partial charge is 0.306 e. The monoisotopic (exact) mass is 457 g/mol. The third-order valence-corrected chi connectivity index (χ3v) is 7.10. The van der Waals surface area contributed by atoms with E-state index in [4.69, 9.17) is 9.92 Å². The van der Waals surface area contributed by atoms with Crippen LogP contribution in [0.1, 0.15) is 0 Å². The first-order valence-corrected chi connectivity index (χ1v) is 13.5. The Balaban J connectivity index is 3.44. The molecule has 0 spiro atoms. The van der Waals surface area contributed by atoms with Crippen LogP contribution in [0.4, 0.5) is 5.69 Å². The summed E-state index contributed by atoms with van der Waals surface area (Å²) in [4.78, 5) is -2.85. The summed E-state index contributed by atoms with van der Waals surface area (Å²) < 4.78 is 99.1. The normalized spacial score (nSPS) is 14.2. The van der Waals surface area contributed by atoms with Gasteiger partial charge in [0.15, 0.2) is 36.5 Å². The first-order chi connectivity index (χ1) is 12.1. The van der Waals surface area contributed by atoms with Crippen LogP contribution in [0, 0.1) is 0 Å². The number of hydrogen-bond acceptors (Lipinski definition) is 9. The van der Waals surface area contributed by atoms with E-state index >= 15 is 0 Å². The van der Waals surface area contributed by atoms with Crippen molar-refractivity contribution in [2.75, 3.05) is 24.5 Å². The Labute approximate surface area is 158 Å². The van der Waals surface area contributed by atoms with Gasteiger partial charge in [0.25, 0.3) is 0 Å². The highest BCUT2D eigenvalue weighted by Gasteiger charge is 2.35. The summed E-state index contributed by atoms with van der Waals surface area (Å²) in [6, 6.07) is 3.79. The van der Waals surface area contributed by atoms with Crippen molar-refractivity contribution >= 4 is 57.3 Å². The molecule has 0 aliphatic heterocycles. The van der Waals surface area contributed by atoms with Crippen LogP contribution in [0.15, 0.2) is 32.9 Å². The lowest BCUT2D eigenvalue weighted by atomic mass is 10.1. The molecule has 0 saturated heterocycles. The van der Waals surface area contributed by atoms with Crippen molar-refractivity contribution in [2.24, 2.45) is 0 Å². The molecule has 0 heterocycles. The first-order valence-electron chi connectivity index (χ1n) is 6.84. The van der Waals surface area contributed by atoms with Gasteiger partial charge >= 0.3 is 10.1 Å². The van der Waals surface area contributed by atoms with Gasteiger partial charge in [-0.3, -0.25) is 0 Å². The lowest BCUT2D eigenvalue weighted by molar-refractivity contribution is 0.483. The fraction of sp³-hybridized carbons (Fsp3) is 0.231. The van der Waals surface area contributed by atoms with Crippen LogP contribution in [-0.4, -0.2) is 52.8 Å². The zero-order valence-electron chi connectivity index (χ0n) is 14.2. The molecule has 2 aromatic rings. The average molecular weight is 458 g/mol. The van der Waals surface area contributed by atoms with Crippen molar-refractivity contribution in [1.82, 2.24) is 0 Å². The molecule has 150 valence electrons. The van der Waals surface area contributed by atoms with Crippen LogP contribution in [0.5, 0.6) is 5.75 Å². The molecule has 0 fully saturated rings. The van der Waals surface area contributed by atoms with Gasteiger partial charge in [-0.2, -0.15) is 8.42 Å². The number of fused-ring (bicyclic) bond motifs is 1. The third kappa shape index (κ3) is 4.24. The van der Waals surface area contributed by atoms with Crippen molar-refractivity contribution in [3.63, 3.8) is 0 Å². The van der Waals surface area contributed by atoms with E-state index in [1.165, 1.54) is 18.2 Å². The molecule has 1 atom stereocenters. The van der Waals surface area contributed by atoms with Gasteiger partial charge in [-0.25, -0.2) is 21.0 Å². The van der Waals surface area contributed by atoms with Gasteiger partial charge in [0.05, 0.1) is 11.2 Å². The predicted molar refractivity (Wildman–Crippen MR) is 99.1 cm³/mol. The van der Waals surface area contributed by atoms with Gasteiger partial charge in [0.1, 0.15) is 9.79 Å². The molecule has 14 heteroatoms. The maximum absolute atomic E-state index is 12.4. The van der Waals surface area contributed by atoms with Crippen molar-refractivity contribution in [3.8, 4) is 5.75 Å². The minimum Gasteiger partial charge on any atom is -0.398 e. The largest absolute Gasteiger partial charge is 0.398 e. The maximum Gasteiger partial charge on any atom is 0.306 e. The quantitative estimate of drug-likeness (QED) is 0.357. The molecule has 0 aromatic heterocycles. The lowest BCUT2D eigenvalue weighted by Crippen LogP contribution is -2.16. The molecule has 0 amide bonds. The second-order valence-electron chi connectivity index (χ2n) is 5.67. The molecule has 3 N–H and O–H groups in total. The van der Waals surface area contributed by atoms with E-state index in [0.29, 0.717) is 18.8 Å². The Morgan fingerprint density at radius 2 is 1.48 bits per heavy atom. The second-order valence-corrected chi connectivity index (χ2v) is 12.1. The van der Waals surface area contributed by atoms with Gasteiger partial charge in [-0.15, -0.1) is 0 Å². The summed E-state index contributed by atoms with van der Waals surface area (Å²) in [6.07, 6.45) is 1.95. The third-order valence-electron chi connectivity index (χ3n) is 3.34. The zero-order valence-corrected chi connectivity index (χ0v) is 17.4. The standard InChI is InChI=1S/C13H15NO9S4/c1-25(17,18)12-9-7(5-4-6-8(9)14)10(23-27(3,21)22)11(24(15)16)13(12)26(2,19)20/h4-6H,14H2,1-3H3,(H,15,16). The maximum atomic E-state index is 12.4. The number of benzene rings is 2. The lowest BCUT2D eigenvalue weighted by Gasteiger charge is -2.19. The second kappa shape index (κ2) is 6.70. The topological polar surface area (TPSA) is 175 Å². The Morgan fingerprint density at radius 3 is 1.89 bits per heavy atom. The Bertz CT molecular complexity index is 1290. The van der Waals surface area contributed by atoms with Gasteiger partial charge in [-0.1, -0.05) is 12.1 Å². The van der Waals surface area contributed by atoms with Crippen LogP contribution < -0.4 is 9.92 Å². The fourth-order valence-electron chi connectivity index (χ4n) is 2.54. The van der Waals surface area contributed by atoms with Crippen LogP contribution >= 0.6 is 0 Å². The number of nitrogens with two attached hydrogens (primary N) is 1. The summed E-state index contributed by atoms with van der Waals surface area (Å²) in [5, 5.41) is -0.570. The molecule has 0 aliphatic rings. The van der Waals surface area contributed by atoms with Crippen LogP contribution in [0.25, 0.3) is 10.8 Å². The highest BCUT2D eigenvalue weighted by Crippen LogP contribution is 2.44. The van der Waals surface area contributed by atoms with Gasteiger partial charge < -0.3 is 14.5 Å². The van der Waals surface area contributed by atoms with Crippen LogP contribution in [0.2, 0.25) is 0 Å². The number of nitrogen functional groups attached to an aromatic ring is 1. The highest BCUT2D eigenvalue weighted by molar-refractivity contribution is 7.94. The molecule has 1 unspecified atom stereocenters. The zero-order chi connectivity index (χ0) is 20.9. The number of hydrogen-bond donors (Lipinski definition) is 2. The van der Waals surface area contributed by atoms with Gasteiger partial charge in [0.2, 0.25) is 0 Å². The van der Waals surface area contributed by atoms with Gasteiger partial charge in [-0.05, 0) is 6.07 Å². The fourth-order valence-corrected chi connectivity index (χ4v) is 7.18. The van der Waals surface area contributed by atoms with Crippen molar-refractivity contribution in [2.45, 2.75) is 14.7 Å². The van der Waals surface area contributed by atoms with E-state index in [1.807, 2.05) is 0 Å². The summed E-state index contributed by atoms with van der Waals surface area (Å²) in [6.45, 7) is 0. The van der Waals surface area contributed by atoms with Crippen molar-refractivity contribution in [1.29, 1.82) is 0 Å². The highest BCUT2D eigenvalue weighted by atomic mass is 32.2. The van der Waals surface area contributed by atoms with E-state index in [0.717, 1.165) is 0 Å². The van der Waals surface area contributed by atoms with E-state index < -0.39 is 61.3 Å². The molecular formula is C13H15NO9S4. The molecule has 0 radical (unpaired) electrons. The van der Waals surface area contributed by atoms with Crippen LogP contribution in [-0.2, 0) is 40.9 Å². The summed E-state index contributed by atoms with van der Waals surface area (Å²) in [7, 11) is -13.0. The molecule has 0 aliphatic carbocycles. The Kier molecular flexibility index (Phi) is 5.35. The van der Waals surface area contributed by atoms with Crippen molar-refractivity contribution < 1.29 is 38.2 Å². The van der Waals surface area contributed by atoms with Gasteiger partial charge in [0, 0.05) is 29.0 Å². The molecule has 2 aromatic carbocycles. The summed E-state index contributed by atoms with van der Waals surface area (Å²) >= 11 is -3.11. The van der Waals surface area contributed by atoms with E-state index in [-0.39, 0.29) is 16.5 Å². The van der Waals surface area contributed by atoms with E-state index in [2.05, 4.69) is 0 Å². The van der Waals surface area contributed by atoms with E-state index in [1.54, 1.807) is 0 Å². The predicted octanol–water partition coefficient (Wildman–Crippen LogP) is 0.148. The first kappa shape index (κ1) is 21.6.